The topological polar surface area (TPSA) is 52.6 Å². The summed E-state index contributed by atoms with van der Waals surface area (Å²) in [5.41, 5.74) is 0.314. The normalized spacial score (nSPS) is 21.4. The molecule has 96 valence electrons. The lowest BCUT2D eigenvalue weighted by molar-refractivity contribution is -0.159. The van der Waals surface area contributed by atoms with Crippen LogP contribution in [0.5, 0.6) is 0 Å². The minimum Gasteiger partial charge on any atom is -0.458 e. The lowest BCUT2D eigenvalue weighted by atomic mass is 10.2. The highest BCUT2D eigenvalue weighted by Gasteiger charge is 2.51. The number of hydrogen-bond acceptors (Lipinski definition) is 4. The molecule has 1 aliphatic heterocycles. The van der Waals surface area contributed by atoms with Gasteiger partial charge in [0.2, 0.25) is 0 Å². The van der Waals surface area contributed by atoms with Crippen LogP contribution in [0.15, 0.2) is 30.3 Å². The van der Waals surface area contributed by atoms with Crippen molar-refractivity contribution in [3.05, 3.63) is 35.9 Å². The third kappa shape index (κ3) is 2.64. The zero-order valence-corrected chi connectivity index (χ0v) is 9.27. The van der Waals surface area contributed by atoms with Gasteiger partial charge in [-0.15, -0.1) is 0 Å². The van der Waals surface area contributed by atoms with Gasteiger partial charge in [-0.25, -0.2) is 9.59 Å². The lowest BCUT2D eigenvalue weighted by Gasteiger charge is -2.09. The number of carbonyl (C=O) groups excluding carboxylic acids is 2. The van der Waals surface area contributed by atoms with E-state index in [4.69, 9.17) is 4.74 Å². The van der Waals surface area contributed by atoms with Crippen LogP contribution in [-0.4, -0.2) is 30.6 Å². The third-order valence-electron chi connectivity index (χ3n) is 2.47. The van der Waals surface area contributed by atoms with Gasteiger partial charge >= 0.3 is 17.9 Å². The van der Waals surface area contributed by atoms with E-state index in [0.717, 1.165) is 0 Å². The Kier molecular flexibility index (Phi) is 3.27. The minimum atomic E-state index is -3.48. The van der Waals surface area contributed by atoms with Crippen molar-refractivity contribution in [3.63, 3.8) is 0 Å². The van der Waals surface area contributed by atoms with E-state index in [2.05, 4.69) is 4.74 Å². The number of cyclic esters (lactones) is 1. The predicted octanol–water partition coefficient (Wildman–Crippen LogP) is 1.79. The maximum Gasteiger partial charge on any atom is 0.377 e. The smallest absolute Gasteiger partial charge is 0.377 e. The van der Waals surface area contributed by atoms with Gasteiger partial charge in [0.1, 0.15) is 12.7 Å². The van der Waals surface area contributed by atoms with Gasteiger partial charge in [-0.05, 0) is 12.1 Å². The van der Waals surface area contributed by atoms with Gasteiger partial charge in [-0.1, -0.05) is 18.2 Å². The minimum absolute atomic E-state index is 0.314. The van der Waals surface area contributed by atoms with E-state index in [1.165, 1.54) is 12.1 Å². The summed E-state index contributed by atoms with van der Waals surface area (Å²) in [5.74, 6) is -5.69. The molecule has 1 aliphatic rings. The van der Waals surface area contributed by atoms with E-state index in [9.17, 15) is 18.4 Å². The Morgan fingerprint density at radius 1 is 1.39 bits per heavy atom. The van der Waals surface area contributed by atoms with Gasteiger partial charge in [0, 0.05) is 0 Å². The first-order valence-corrected chi connectivity index (χ1v) is 5.30. The molecule has 2 rings (SSSR count). The summed E-state index contributed by atoms with van der Waals surface area (Å²) in [6.07, 6.45) is -1.84. The summed E-state index contributed by atoms with van der Waals surface area (Å²) >= 11 is 0. The molecule has 0 bridgehead atoms. The van der Waals surface area contributed by atoms with Crippen LogP contribution in [-0.2, 0) is 14.3 Å². The summed E-state index contributed by atoms with van der Waals surface area (Å²) in [6.45, 7) is -0.366. The van der Waals surface area contributed by atoms with Crippen LogP contribution in [0.25, 0.3) is 0 Å². The van der Waals surface area contributed by atoms with Crippen molar-refractivity contribution in [3.8, 4) is 0 Å². The Morgan fingerprint density at radius 2 is 2.06 bits per heavy atom. The highest BCUT2D eigenvalue weighted by Crippen LogP contribution is 2.30. The van der Waals surface area contributed by atoms with Crippen molar-refractivity contribution in [2.75, 3.05) is 6.61 Å². The lowest BCUT2D eigenvalue weighted by Crippen LogP contribution is -2.22. The molecule has 1 heterocycles. The molecule has 0 spiro atoms. The Labute approximate surface area is 101 Å². The number of ether oxygens (including phenoxy) is 2. The highest BCUT2D eigenvalue weighted by molar-refractivity contribution is 5.89. The van der Waals surface area contributed by atoms with Crippen LogP contribution in [0, 0.1) is 0 Å². The monoisotopic (exact) mass is 256 g/mol. The average molecular weight is 256 g/mol. The average Bonchev–Trinajstić information content (AvgIpc) is 2.61. The van der Waals surface area contributed by atoms with Crippen molar-refractivity contribution in [2.24, 2.45) is 0 Å². The quantitative estimate of drug-likeness (QED) is 0.774. The van der Waals surface area contributed by atoms with Gasteiger partial charge in [-0.3, -0.25) is 0 Å². The molecule has 18 heavy (non-hydrogen) atoms. The first-order chi connectivity index (χ1) is 8.49. The molecular weight excluding hydrogens is 246 g/mol. The zero-order valence-electron chi connectivity index (χ0n) is 9.27. The number of carbonyl (C=O) groups is 2. The Morgan fingerprint density at radius 3 is 2.61 bits per heavy atom. The van der Waals surface area contributed by atoms with Crippen molar-refractivity contribution in [1.82, 2.24) is 0 Å². The number of esters is 2. The fourth-order valence-corrected chi connectivity index (χ4v) is 1.57. The van der Waals surface area contributed by atoms with Crippen LogP contribution < -0.4 is 0 Å². The maximum atomic E-state index is 12.8. The van der Waals surface area contributed by atoms with E-state index in [0.29, 0.717) is 5.56 Å². The van der Waals surface area contributed by atoms with E-state index in [1.807, 2.05) is 0 Å². The molecule has 6 heteroatoms. The van der Waals surface area contributed by atoms with Crippen LogP contribution in [0.1, 0.15) is 16.8 Å². The number of hydrogen-bond donors (Lipinski definition) is 0. The van der Waals surface area contributed by atoms with E-state index in [-0.39, 0.29) is 6.61 Å². The van der Waals surface area contributed by atoms with Crippen molar-refractivity contribution < 1.29 is 27.8 Å². The number of alkyl halides is 2. The molecule has 1 aromatic rings. The van der Waals surface area contributed by atoms with E-state index in [1.54, 1.807) is 18.2 Å². The molecule has 0 saturated carbocycles. The first kappa shape index (κ1) is 12.5. The summed E-state index contributed by atoms with van der Waals surface area (Å²) in [5, 5.41) is 0. The van der Waals surface area contributed by atoms with Crippen molar-refractivity contribution in [1.29, 1.82) is 0 Å². The van der Waals surface area contributed by atoms with E-state index >= 15 is 0 Å². The van der Waals surface area contributed by atoms with Gasteiger partial charge < -0.3 is 9.47 Å². The summed E-state index contributed by atoms with van der Waals surface area (Å²) < 4.78 is 34.8. The van der Waals surface area contributed by atoms with Crippen molar-refractivity contribution >= 4 is 11.9 Å². The summed E-state index contributed by atoms with van der Waals surface area (Å²) in [6, 6.07) is 8.12. The maximum absolute atomic E-state index is 12.8. The summed E-state index contributed by atoms with van der Waals surface area (Å²) in [4.78, 5) is 22.2. The highest BCUT2D eigenvalue weighted by atomic mass is 19.3. The molecule has 0 radical (unpaired) electrons. The number of halogens is 2. The molecule has 0 amide bonds. The molecule has 1 atom stereocenters. The molecule has 1 fully saturated rings. The first-order valence-electron chi connectivity index (χ1n) is 5.30. The molecule has 1 aromatic carbocycles. The zero-order chi connectivity index (χ0) is 13.2. The number of rotatable bonds is 3. The van der Waals surface area contributed by atoms with Crippen LogP contribution >= 0.6 is 0 Å². The van der Waals surface area contributed by atoms with Crippen molar-refractivity contribution in [2.45, 2.75) is 18.4 Å². The van der Waals surface area contributed by atoms with Gasteiger partial charge in [-0.2, -0.15) is 8.78 Å². The SMILES string of the molecule is O=C(OC[C@@H]1CC(F)(F)C(=O)O1)c1ccccc1. The molecular formula is C12H10F2O4. The Hall–Kier alpha value is -1.98. The second kappa shape index (κ2) is 4.72. The van der Waals surface area contributed by atoms with Gasteiger partial charge in [0.15, 0.2) is 0 Å². The summed E-state index contributed by atoms with van der Waals surface area (Å²) in [7, 11) is 0. The molecule has 1 saturated heterocycles. The van der Waals surface area contributed by atoms with Gasteiger partial charge in [0.05, 0.1) is 12.0 Å². The van der Waals surface area contributed by atoms with Crippen LogP contribution in [0.2, 0.25) is 0 Å². The second-order valence-electron chi connectivity index (χ2n) is 3.90. The van der Waals surface area contributed by atoms with E-state index < -0.39 is 30.4 Å². The third-order valence-corrected chi connectivity index (χ3v) is 2.47. The largest absolute Gasteiger partial charge is 0.458 e. The Balaban J connectivity index is 1.87. The van der Waals surface area contributed by atoms with Gasteiger partial charge in [0.25, 0.3) is 0 Å². The Bertz CT molecular complexity index is 458. The van der Waals surface area contributed by atoms with Crippen LogP contribution in [0.3, 0.4) is 0 Å². The predicted molar refractivity (Wildman–Crippen MR) is 56.2 cm³/mol. The molecule has 0 unspecified atom stereocenters. The molecule has 0 aliphatic carbocycles. The fraction of sp³-hybridized carbons (Fsp3) is 0.333. The molecule has 0 N–H and O–H groups in total. The standard InChI is InChI=1S/C12H10F2O4/c13-12(14)6-9(18-11(12)16)7-17-10(15)8-4-2-1-3-5-8/h1-5,9H,6-7H2/t9-/m0/s1. The van der Waals surface area contributed by atoms with Crippen LogP contribution in [0.4, 0.5) is 8.78 Å². The second-order valence-corrected chi connectivity index (χ2v) is 3.90. The number of benzene rings is 1. The molecule has 0 aromatic heterocycles. The fourth-order valence-electron chi connectivity index (χ4n) is 1.57. The molecule has 4 nitrogen and oxygen atoms in total.